The fourth-order valence-corrected chi connectivity index (χ4v) is 1.98. The van der Waals surface area contributed by atoms with Gasteiger partial charge in [-0.3, -0.25) is 4.79 Å². The quantitative estimate of drug-likeness (QED) is 0.896. The molecule has 1 N–H and O–H groups in total. The zero-order valence-electron chi connectivity index (χ0n) is 11.3. The molecule has 2 rings (SSSR count). The van der Waals surface area contributed by atoms with E-state index in [2.05, 4.69) is 10.5 Å². The van der Waals surface area contributed by atoms with Gasteiger partial charge in [-0.15, -0.1) is 0 Å². The Kier molecular flexibility index (Phi) is 4.34. The molecule has 4 nitrogen and oxygen atoms in total. The summed E-state index contributed by atoms with van der Waals surface area (Å²) in [4.78, 5) is 11.8. The van der Waals surface area contributed by atoms with Crippen LogP contribution in [-0.2, 0) is 17.8 Å². The number of aryl methyl sites for hydroxylation is 2. The van der Waals surface area contributed by atoms with E-state index in [1.807, 2.05) is 44.2 Å². The van der Waals surface area contributed by atoms with Gasteiger partial charge in [0, 0.05) is 18.5 Å². The molecule has 2 aromatic rings. The third-order valence-electron chi connectivity index (χ3n) is 3.12. The number of nitrogens with one attached hydrogen (secondary N) is 1. The predicted octanol–water partition coefficient (Wildman–Crippen LogP) is 2.54. The van der Waals surface area contributed by atoms with Crippen molar-refractivity contribution in [1.82, 2.24) is 10.5 Å². The minimum absolute atomic E-state index is 0.0452. The summed E-state index contributed by atoms with van der Waals surface area (Å²) in [6.07, 6.45) is 1.12. The number of rotatable bonds is 5. The van der Waals surface area contributed by atoms with Crippen molar-refractivity contribution in [3.05, 3.63) is 52.9 Å². The van der Waals surface area contributed by atoms with Crippen LogP contribution in [0.5, 0.6) is 0 Å². The Balaban J connectivity index is 1.79. The van der Waals surface area contributed by atoms with Crippen LogP contribution < -0.4 is 5.32 Å². The van der Waals surface area contributed by atoms with E-state index in [-0.39, 0.29) is 5.91 Å². The average Bonchev–Trinajstić information content (AvgIpc) is 2.75. The lowest BCUT2D eigenvalue weighted by Gasteiger charge is -2.05. The molecular formula is C15H18N2O2. The summed E-state index contributed by atoms with van der Waals surface area (Å²) in [5.41, 5.74) is 3.01. The first-order valence-corrected chi connectivity index (χ1v) is 6.39. The Bertz CT molecular complexity index is 527. The van der Waals surface area contributed by atoms with Gasteiger partial charge in [-0.1, -0.05) is 35.5 Å². The first kappa shape index (κ1) is 13.3. The molecule has 1 aromatic heterocycles. The molecule has 1 heterocycles. The first-order valence-electron chi connectivity index (χ1n) is 6.39. The molecule has 100 valence electrons. The van der Waals surface area contributed by atoms with Crippen molar-refractivity contribution in [2.45, 2.75) is 33.2 Å². The number of hydrogen-bond acceptors (Lipinski definition) is 3. The summed E-state index contributed by atoms with van der Waals surface area (Å²) in [6, 6.07) is 9.88. The van der Waals surface area contributed by atoms with Gasteiger partial charge in [0.25, 0.3) is 0 Å². The maximum absolute atomic E-state index is 11.8. The zero-order chi connectivity index (χ0) is 13.7. The molecule has 0 spiro atoms. The maximum atomic E-state index is 11.8. The van der Waals surface area contributed by atoms with Crippen LogP contribution in [0.2, 0.25) is 0 Å². The highest BCUT2D eigenvalue weighted by atomic mass is 16.5. The summed E-state index contributed by atoms with van der Waals surface area (Å²) < 4.78 is 5.08. The van der Waals surface area contributed by atoms with Gasteiger partial charge in [-0.05, 0) is 25.8 Å². The topological polar surface area (TPSA) is 55.1 Å². The molecule has 0 saturated heterocycles. The van der Waals surface area contributed by atoms with Crippen molar-refractivity contribution in [2.75, 3.05) is 0 Å². The monoisotopic (exact) mass is 258 g/mol. The van der Waals surface area contributed by atoms with E-state index in [1.165, 1.54) is 0 Å². The van der Waals surface area contributed by atoms with Crippen LogP contribution in [0.3, 0.4) is 0 Å². The molecule has 0 atom stereocenters. The SMILES string of the molecule is Cc1noc(C)c1CCC(=O)NCc1ccccc1. The van der Waals surface area contributed by atoms with Crippen molar-refractivity contribution < 1.29 is 9.32 Å². The van der Waals surface area contributed by atoms with E-state index < -0.39 is 0 Å². The van der Waals surface area contributed by atoms with Crippen LogP contribution in [0.25, 0.3) is 0 Å². The smallest absolute Gasteiger partial charge is 0.220 e. The molecule has 0 saturated carbocycles. The van der Waals surface area contributed by atoms with E-state index in [0.29, 0.717) is 19.4 Å². The van der Waals surface area contributed by atoms with Crippen molar-refractivity contribution in [3.63, 3.8) is 0 Å². The molecule has 0 aliphatic heterocycles. The number of benzene rings is 1. The second-order valence-corrected chi connectivity index (χ2v) is 4.57. The molecule has 0 radical (unpaired) electrons. The normalized spacial score (nSPS) is 10.4. The second kappa shape index (κ2) is 6.18. The second-order valence-electron chi connectivity index (χ2n) is 4.57. The molecule has 0 fully saturated rings. The van der Waals surface area contributed by atoms with Crippen LogP contribution in [0.15, 0.2) is 34.9 Å². The van der Waals surface area contributed by atoms with E-state index in [1.54, 1.807) is 0 Å². The third-order valence-corrected chi connectivity index (χ3v) is 3.12. The van der Waals surface area contributed by atoms with Crippen LogP contribution in [0.4, 0.5) is 0 Å². The molecule has 0 bridgehead atoms. The fourth-order valence-electron chi connectivity index (χ4n) is 1.98. The van der Waals surface area contributed by atoms with Gasteiger partial charge >= 0.3 is 0 Å². The van der Waals surface area contributed by atoms with Gasteiger partial charge in [0.05, 0.1) is 5.69 Å². The number of carbonyl (C=O) groups is 1. The summed E-state index contributed by atoms with van der Waals surface area (Å²) in [5, 5.41) is 6.79. The van der Waals surface area contributed by atoms with Crippen molar-refractivity contribution in [2.24, 2.45) is 0 Å². The molecule has 0 aliphatic rings. The molecule has 1 aromatic carbocycles. The van der Waals surface area contributed by atoms with E-state index in [9.17, 15) is 4.79 Å². The fraction of sp³-hybridized carbons (Fsp3) is 0.333. The molecule has 0 unspecified atom stereocenters. The van der Waals surface area contributed by atoms with Crippen molar-refractivity contribution >= 4 is 5.91 Å². The summed E-state index contributed by atoms with van der Waals surface area (Å²) in [6.45, 7) is 4.34. The van der Waals surface area contributed by atoms with Crippen LogP contribution in [0.1, 0.15) is 29.0 Å². The van der Waals surface area contributed by atoms with Gasteiger partial charge < -0.3 is 9.84 Å². The lowest BCUT2D eigenvalue weighted by molar-refractivity contribution is -0.121. The van der Waals surface area contributed by atoms with Gasteiger partial charge in [-0.2, -0.15) is 0 Å². The van der Waals surface area contributed by atoms with Gasteiger partial charge in [0.15, 0.2) is 0 Å². The molecule has 0 aliphatic carbocycles. The van der Waals surface area contributed by atoms with Crippen LogP contribution >= 0.6 is 0 Å². The van der Waals surface area contributed by atoms with Crippen molar-refractivity contribution in [3.8, 4) is 0 Å². The highest BCUT2D eigenvalue weighted by Gasteiger charge is 2.10. The number of amides is 1. The molecule has 4 heteroatoms. The van der Waals surface area contributed by atoms with Crippen LogP contribution in [0, 0.1) is 13.8 Å². The molecule has 19 heavy (non-hydrogen) atoms. The van der Waals surface area contributed by atoms with Crippen molar-refractivity contribution in [1.29, 1.82) is 0 Å². The number of hydrogen-bond donors (Lipinski definition) is 1. The van der Waals surface area contributed by atoms with E-state index in [0.717, 1.165) is 22.6 Å². The Labute approximate surface area is 112 Å². The lowest BCUT2D eigenvalue weighted by atomic mass is 10.1. The summed E-state index contributed by atoms with van der Waals surface area (Å²) in [5.74, 6) is 0.845. The standard InChI is InChI=1S/C15H18N2O2/c1-11-14(12(2)19-17-11)8-9-15(18)16-10-13-6-4-3-5-7-13/h3-7H,8-10H2,1-2H3,(H,16,18). The summed E-state index contributed by atoms with van der Waals surface area (Å²) >= 11 is 0. The van der Waals surface area contributed by atoms with E-state index in [4.69, 9.17) is 4.52 Å². The Morgan fingerprint density at radius 1 is 1.26 bits per heavy atom. The zero-order valence-corrected chi connectivity index (χ0v) is 11.3. The summed E-state index contributed by atoms with van der Waals surface area (Å²) in [7, 11) is 0. The highest BCUT2D eigenvalue weighted by Crippen LogP contribution is 2.14. The first-order chi connectivity index (χ1) is 9.16. The number of aromatic nitrogens is 1. The minimum atomic E-state index is 0.0452. The number of carbonyl (C=O) groups excluding carboxylic acids is 1. The molecule has 1 amide bonds. The minimum Gasteiger partial charge on any atom is -0.361 e. The largest absolute Gasteiger partial charge is 0.361 e. The maximum Gasteiger partial charge on any atom is 0.220 e. The Morgan fingerprint density at radius 3 is 2.63 bits per heavy atom. The van der Waals surface area contributed by atoms with E-state index >= 15 is 0 Å². The van der Waals surface area contributed by atoms with Gasteiger partial charge in [-0.25, -0.2) is 0 Å². The Hall–Kier alpha value is -2.10. The van der Waals surface area contributed by atoms with Gasteiger partial charge in [0.1, 0.15) is 5.76 Å². The highest BCUT2D eigenvalue weighted by molar-refractivity contribution is 5.76. The predicted molar refractivity (Wildman–Crippen MR) is 72.6 cm³/mol. The molecular weight excluding hydrogens is 240 g/mol. The lowest BCUT2D eigenvalue weighted by Crippen LogP contribution is -2.23. The van der Waals surface area contributed by atoms with Crippen LogP contribution in [-0.4, -0.2) is 11.1 Å². The third kappa shape index (κ3) is 3.68. The Morgan fingerprint density at radius 2 is 2.00 bits per heavy atom. The van der Waals surface area contributed by atoms with Gasteiger partial charge in [0.2, 0.25) is 5.91 Å². The average molecular weight is 258 g/mol. The number of nitrogens with zero attached hydrogens (tertiary/aromatic N) is 1.